The zero-order valence-corrected chi connectivity index (χ0v) is 15.4. The van der Waals surface area contributed by atoms with Gasteiger partial charge in [0.05, 0.1) is 18.8 Å². The van der Waals surface area contributed by atoms with Crippen molar-refractivity contribution in [3.05, 3.63) is 59.2 Å². The fourth-order valence-electron chi connectivity index (χ4n) is 3.02. The fourth-order valence-corrected chi connectivity index (χ4v) is 3.02. The Bertz CT molecular complexity index is 750. The van der Waals surface area contributed by atoms with Gasteiger partial charge >= 0.3 is 0 Å². The minimum atomic E-state index is -0.262. The maximum Gasteiger partial charge on any atom is 0.255 e. The van der Waals surface area contributed by atoms with Gasteiger partial charge in [0.15, 0.2) is 0 Å². The van der Waals surface area contributed by atoms with Gasteiger partial charge in [0.25, 0.3) is 5.91 Å². The monoisotopic (exact) mass is 354 g/mol. The molecule has 0 radical (unpaired) electrons. The Morgan fingerprint density at radius 3 is 2.50 bits per heavy atom. The van der Waals surface area contributed by atoms with Crippen LogP contribution >= 0.6 is 0 Å². The molecule has 3 rings (SSSR count). The number of aromatic hydroxyl groups is 1. The summed E-state index contributed by atoms with van der Waals surface area (Å²) >= 11 is 0. The van der Waals surface area contributed by atoms with Gasteiger partial charge in [0.1, 0.15) is 5.75 Å². The molecule has 1 aliphatic rings. The Balaban J connectivity index is 1.61. The van der Waals surface area contributed by atoms with Gasteiger partial charge in [-0.1, -0.05) is 32.0 Å². The lowest BCUT2D eigenvalue weighted by Crippen LogP contribution is -2.36. The largest absolute Gasteiger partial charge is 0.507 e. The van der Waals surface area contributed by atoms with Crippen LogP contribution in [0.15, 0.2) is 42.5 Å². The maximum atomic E-state index is 12.4. The number of phenols is 1. The van der Waals surface area contributed by atoms with Crippen LogP contribution in [0.3, 0.4) is 0 Å². The van der Waals surface area contributed by atoms with Gasteiger partial charge in [-0.2, -0.15) is 0 Å². The van der Waals surface area contributed by atoms with E-state index in [0.29, 0.717) is 18.0 Å². The lowest BCUT2D eigenvalue weighted by Gasteiger charge is -2.28. The van der Waals surface area contributed by atoms with E-state index in [2.05, 4.69) is 36.2 Å². The van der Waals surface area contributed by atoms with Crippen molar-refractivity contribution < 1.29 is 14.6 Å². The second kappa shape index (κ2) is 8.23. The summed E-state index contributed by atoms with van der Waals surface area (Å²) in [6, 6.07) is 13.4. The van der Waals surface area contributed by atoms with Gasteiger partial charge in [-0.25, -0.2) is 0 Å². The van der Waals surface area contributed by atoms with E-state index in [1.807, 2.05) is 18.2 Å². The molecule has 1 saturated heterocycles. The molecule has 0 spiro atoms. The molecule has 1 fully saturated rings. The van der Waals surface area contributed by atoms with Gasteiger partial charge in [0, 0.05) is 25.3 Å². The van der Waals surface area contributed by atoms with Crippen LogP contribution in [0.4, 0.5) is 5.69 Å². The zero-order valence-electron chi connectivity index (χ0n) is 15.4. The summed E-state index contributed by atoms with van der Waals surface area (Å²) in [5.74, 6) is 0.0479. The SMILES string of the molecule is CC(C)c1ccc(O)c(C(=O)NCc2ccc(N3CCOCC3)cc2)c1. The first-order valence-electron chi connectivity index (χ1n) is 9.07. The van der Waals surface area contributed by atoms with Crippen molar-refractivity contribution >= 4 is 11.6 Å². The van der Waals surface area contributed by atoms with E-state index in [9.17, 15) is 9.90 Å². The van der Waals surface area contributed by atoms with E-state index >= 15 is 0 Å². The highest BCUT2D eigenvalue weighted by Gasteiger charge is 2.14. The number of phenolic OH excluding ortho intramolecular Hbond substituents is 1. The average Bonchev–Trinajstić information content (AvgIpc) is 2.67. The quantitative estimate of drug-likeness (QED) is 0.865. The van der Waals surface area contributed by atoms with E-state index in [0.717, 1.165) is 37.4 Å². The number of benzene rings is 2. The summed E-state index contributed by atoms with van der Waals surface area (Å²) in [6.07, 6.45) is 0. The second-order valence-electron chi connectivity index (χ2n) is 6.88. The summed E-state index contributed by atoms with van der Waals surface area (Å²) in [4.78, 5) is 14.7. The second-order valence-corrected chi connectivity index (χ2v) is 6.88. The van der Waals surface area contributed by atoms with E-state index in [4.69, 9.17) is 4.74 Å². The van der Waals surface area contributed by atoms with Crippen LogP contribution in [0, 0.1) is 0 Å². The predicted molar refractivity (Wildman–Crippen MR) is 103 cm³/mol. The minimum Gasteiger partial charge on any atom is -0.507 e. The predicted octanol–water partition coefficient (Wildman–Crippen LogP) is 3.28. The van der Waals surface area contributed by atoms with Gasteiger partial charge in [-0.3, -0.25) is 4.79 Å². The Morgan fingerprint density at radius 2 is 1.85 bits per heavy atom. The third-order valence-corrected chi connectivity index (χ3v) is 4.70. The number of anilines is 1. The van der Waals surface area contributed by atoms with Crippen LogP contribution in [0.2, 0.25) is 0 Å². The lowest BCUT2D eigenvalue weighted by molar-refractivity contribution is 0.0948. The number of hydrogen-bond donors (Lipinski definition) is 2. The summed E-state index contributed by atoms with van der Waals surface area (Å²) in [7, 11) is 0. The molecular weight excluding hydrogens is 328 g/mol. The number of nitrogens with zero attached hydrogens (tertiary/aromatic N) is 1. The molecule has 0 bridgehead atoms. The maximum absolute atomic E-state index is 12.4. The molecule has 0 saturated carbocycles. The van der Waals surface area contributed by atoms with Crippen molar-refractivity contribution in [1.82, 2.24) is 5.32 Å². The van der Waals surface area contributed by atoms with Crippen LogP contribution in [-0.4, -0.2) is 37.3 Å². The highest BCUT2D eigenvalue weighted by molar-refractivity contribution is 5.97. The molecule has 1 aliphatic heterocycles. The molecule has 5 nitrogen and oxygen atoms in total. The van der Waals surface area contributed by atoms with Gasteiger partial charge in [-0.15, -0.1) is 0 Å². The Morgan fingerprint density at radius 1 is 1.15 bits per heavy atom. The number of nitrogens with one attached hydrogen (secondary N) is 1. The van der Waals surface area contributed by atoms with Crippen molar-refractivity contribution in [3.63, 3.8) is 0 Å². The Hall–Kier alpha value is -2.53. The minimum absolute atomic E-state index is 0.00886. The van der Waals surface area contributed by atoms with Crippen molar-refractivity contribution in [3.8, 4) is 5.75 Å². The van der Waals surface area contributed by atoms with Gasteiger partial charge in [0.2, 0.25) is 0 Å². The molecule has 0 aliphatic carbocycles. The zero-order chi connectivity index (χ0) is 18.5. The van der Waals surface area contributed by atoms with E-state index < -0.39 is 0 Å². The molecule has 0 atom stereocenters. The fraction of sp³-hybridized carbons (Fsp3) is 0.381. The van der Waals surface area contributed by atoms with Crippen LogP contribution in [0.1, 0.15) is 41.3 Å². The normalized spacial score (nSPS) is 14.5. The molecule has 2 N–H and O–H groups in total. The third kappa shape index (κ3) is 4.35. The van der Waals surface area contributed by atoms with Crippen LogP contribution < -0.4 is 10.2 Å². The van der Waals surface area contributed by atoms with Crippen molar-refractivity contribution in [1.29, 1.82) is 0 Å². The Labute approximate surface area is 154 Å². The van der Waals surface area contributed by atoms with Crippen molar-refractivity contribution in [2.75, 3.05) is 31.2 Å². The van der Waals surface area contributed by atoms with Crippen LogP contribution in [0.25, 0.3) is 0 Å². The molecule has 1 amide bonds. The highest BCUT2D eigenvalue weighted by atomic mass is 16.5. The number of carbonyl (C=O) groups is 1. The molecule has 0 unspecified atom stereocenters. The molecule has 2 aromatic carbocycles. The molecule has 26 heavy (non-hydrogen) atoms. The molecule has 1 heterocycles. The first kappa shape index (κ1) is 18.3. The van der Waals surface area contributed by atoms with Crippen LogP contribution in [0.5, 0.6) is 5.75 Å². The third-order valence-electron chi connectivity index (χ3n) is 4.70. The lowest BCUT2D eigenvalue weighted by atomic mass is 10.00. The van der Waals surface area contributed by atoms with Gasteiger partial charge < -0.3 is 20.1 Å². The molecule has 0 aromatic heterocycles. The summed E-state index contributed by atoms with van der Waals surface area (Å²) < 4.78 is 5.37. The summed E-state index contributed by atoms with van der Waals surface area (Å²) in [6.45, 7) is 7.87. The molecular formula is C21H26N2O3. The smallest absolute Gasteiger partial charge is 0.255 e. The standard InChI is InChI=1S/C21H26N2O3/c1-15(2)17-5-8-20(24)19(13-17)21(25)22-14-16-3-6-18(7-4-16)23-9-11-26-12-10-23/h3-8,13,15,24H,9-12,14H2,1-2H3,(H,22,25). The highest BCUT2D eigenvalue weighted by Crippen LogP contribution is 2.23. The number of ether oxygens (including phenoxy) is 1. The number of amides is 1. The van der Waals surface area contributed by atoms with E-state index in [1.165, 1.54) is 5.69 Å². The average molecular weight is 354 g/mol. The molecule has 138 valence electrons. The van der Waals surface area contributed by atoms with E-state index in [-0.39, 0.29) is 11.7 Å². The van der Waals surface area contributed by atoms with E-state index in [1.54, 1.807) is 12.1 Å². The topological polar surface area (TPSA) is 61.8 Å². The van der Waals surface area contributed by atoms with Crippen molar-refractivity contribution in [2.45, 2.75) is 26.3 Å². The summed E-state index contributed by atoms with van der Waals surface area (Å²) in [5.41, 5.74) is 3.55. The number of morpholine rings is 1. The first-order valence-corrected chi connectivity index (χ1v) is 9.07. The Kier molecular flexibility index (Phi) is 5.78. The van der Waals surface area contributed by atoms with Crippen LogP contribution in [-0.2, 0) is 11.3 Å². The number of carbonyl (C=O) groups excluding carboxylic acids is 1. The van der Waals surface area contributed by atoms with Crippen molar-refractivity contribution in [2.24, 2.45) is 0 Å². The molecule has 5 heteroatoms. The number of hydrogen-bond acceptors (Lipinski definition) is 4. The molecule has 2 aromatic rings. The first-order chi connectivity index (χ1) is 12.5. The number of rotatable bonds is 5. The van der Waals surface area contributed by atoms with Gasteiger partial charge in [-0.05, 0) is 41.3 Å². The summed E-state index contributed by atoms with van der Waals surface area (Å²) in [5, 5.41) is 12.9.